The minimum absolute atomic E-state index is 0.215. The molecule has 0 radical (unpaired) electrons. The number of hydrogen-bond acceptors (Lipinski definition) is 9. The molecule has 0 spiro atoms. The first-order valence-corrected chi connectivity index (χ1v) is 13.5. The summed E-state index contributed by atoms with van der Waals surface area (Å²) in [6.07, 6.45) is -0.645. The van der Waals surface area contributed by atoms with Gasteiger partial charge in [-0.15, -0.1) is 0 Å². The molecule has 162 valence electrons. The fourth-order valence-electron chi connectivity index (χ4n) is 2.54. The molecular weight excluding hydrogens is 423 g/mol. The minimum Gasteiger partial charge on any atom is -0.323 e. The second-order valence-corrected chi connectivity index (χ2v) is 12.0. The van der Waals surface area contributed by atoms with Gasteiger partial charge in [0.1, 0.15) is 18.9 Å². The topological polar surface area (TPSA) is 149 Å². The van der Waals surface area contributed by atoms with Crippen LogP contribution in [0.4, 0.5) is 0 Å². The van der Waals surface area contributed by atoms with Crippen LogP contribution in [0.5, 0.6) is 0 Å². The summed E-state index contributed by atoms with van der Waals surface area (Å²) < 4.78 is 49.6. The van der Waals surface area contributed by atoms with Gasteiger partial charge >= 0.3 is 22.8 Å². The Hall–Kier alpha value is 0.330. The second-order valence-electron chi connectivity index (χ2n) is 6.24. The van der Waals surface area contributed by atoms with Gasteiger partial charge in [-0.25, -0.2) is 0 Å². The van der Waals surface area contributed by atoms with Crippen molar-refractivity contribution in [3.05, 3.63) is 0 Å². The fourth-order valence-corrected chi connectivity index (χ4v) is 5.25. The maximum atomic E-state index is 11.9. The molecule has 1 fully saturated rings. The van der Waals surface area contributed by atoms with Gasteiger partial charge in [0, 0.05) is 60.6 Å². The molecule has 0 amide bonds. The maximum Gasteiger partial charge on any atom is 0.341 e. The van der Waals surface area contributed by atoms with E-state index in [1.165, 1.54) is 0 Å². The number of nitrogens with zero attached hydrogens (tertiary/aromatic N) is 3. The molecule has 0 aromatic rings. The van der Waals surface area contributed by atoms with Crippen molar-refractivity contribution in [3.63, 3.8) is 0 Å². The summed E-state index contributed by atoms with van der Waals surface area (Å²) in [5.41, 5.74) is 0. The highest BCUT2D eigenvalue weighted by Crippen LogP contribution is 2.43. The van der Waals surface area contributed by atoms with Gasteiger partial charge in [-0.05, 0) is 0 Å². The summed E-state index contributed by atoms with van der Waals surface area (Å²) in [6.45, 7) is 2.12. The molecule has 0 aromatic carbocycles. The summed E-state index contributed by atoms with van der Waals surface area (Å²) in [6, 6.07) is 0. The first kappa shape index (κ1) is 25.4. The van der Waals surface area contributed by atoms with Gasteiger partial charge in [-0.3, -0.25) is 28.4 Å². The van der Waals surface area contributed by atoms with Crippen molar-refractivity contribution in [3.8, 4) is 0 Å². The van der Waals surface area contributed by atoms with Gasteiger partial charge in [-0.2, -0.15) is 0 Å². The smallest absolute Gasteiger partial charge is 0.323 e. The third-order valence-corrected chi connectivity index (χ3v) is 8.17. The average Bonchev–Trinajstić information content (AvgIpc) is 2.67. The molecule has 3 atom stereocenters. The average molecular weight is 453 g/mol. The Labute approximate surface area is 159 Å². The van der Waals surface area contributed by atoms with Gasteiger partial charge < -0.3 is 28.3 Å². The van der Waals surface area contributed by atoms with E-state index in [0.29, 0.717) is 39.3 Å². The van der Waals surface area contributed by atoms with Gasteiger partial charge in [0.15, 0.2) is 0 Å². The molecule has 1 aliphatic heterocycles. The summed E-state index contributed by atoms with van der Waals surface area (Å²) in [4.78, 5) is 34.3. The normalized spacial score (nSPS) is 25.6. The SMILES string of the molecule is COP(=O)(O)CN1CCN(CP(=O)(O)OC)CCN(CP(=O)(O)OC)CC1. The molecule has 0 aliphatic carbocycles. The largest absolute Gasteiger partial charge is 0.341 e. The van der Waals surface area contributed by atoms with E-state index >= 15 is 0 Å². The van der Waals surface area contributed by atoms with E-state index in [1.54, 1.807) is 14.7 Å². The van der Waals surface area contributed by atoms with Crippen LogP contribution in [0.15, 0.2) is 0 Å². The van der Waals surface area contributed by atoms with E-state index in [2.05, 4.69) is 13.6 Å². The third-order valence-electron chi connectivity index (χ3n) is 4.19. The van der Waals surface area contributed by atoms with E-state index in [9.17, 15) is 28.4 Å². The van der Waals surface area contributed by atoms with Crippen LogP contribution >= 0.6 is 22.8 Å². The van der Waals surface area contributed by atoms with Crippen molar-refractivity contribution in [2.45, 2.75) is 0 Å². The van der Waals surface area contributed by atoms with Crippen LogP contribution in [0.3, 0.4) is 0 Å². The molecule has 1 aliphatic rings. The molecule has 0 saturated carbocycles. The molecule has 0 aromatic heterocycles. The van der Waals surface area contributed by atoms with Gasteiger partial charge in [-0.1, -0.05) is 0 Å². The summed E-state index contributed by atoms with van der Waals surface area (Å²) >= 11 is 0. The third kappa shape index (κ3) is 10.1. The van der Waals surface area contributed by atoms with Crippen molar-refractivity contribution in [1.29, 1.82) is 0 Å². The lowest BCUT2D eigenvalue weighted by Gasteiger charge is -2.27. The quantitative estimate of drug-likeness (QED) is 0.412. The molecular formula is C12H30N3O9P3. The lowest BCUT2D eigenvalue weighted by molar-refractivity contribution is 0.220. The van der Waals surface area contributed by atoms with Crippen LogP contribution in [0, 0.1) is 0 Å². The highest BCUT2D eigenvalue weighted by Gasteiger charge is 2.29. The highest BCUT2D eigenvalue weighted by molar-refractivity contribution is 7.53. The zero-order valence-electron chi connectivity index (χ0n) is 15.8. The van der Waals surface area contributed by atoms with Gasteiger partial charge in [0.05, 0.1) is 0 Å². The van der Waals surface area contributed by atoms with Crippen molar-refractivity contribution < 1.29 is 41.9 Å². The monoisotopic (exact) mass is 453 g/mol. The Morgan fingerprint density at radius 1 is 0.593 bits per heavy atom. The van der Waals surface area contributed by atoms with Crippen LogP contribution in [-0.4, -0.2) is 109 Å². The summed E-state index contributed by atoms with van der Waals surface area (Å²) in [5, 5.41) is 0. The first-order valence-electron chi connectivity index (χ1n) is 8.21. The van der Waals surface area contributed by atoms with Crippen LogP contribution in [0.2, 0.25) is 0 Å². The molecule has 1 saturated heterocycles. The lowest BCUT2D eigenvalue weighted by atomic mass is 10.5. The van der Waals surface area contributed by atoms with Crippen molar-refractivity contribution in [2.24, 2.45) is 0 Å². The van der Waals surface area contributed by atoms with Gasteiger partial charge in [0.2, 0.25) is 0 Å². The first-order chi connectivity index (χ1) is 12.4. The Kier molecular flexibility index (Phi) is 10.3. The predicted molar refractivity (Wildman–Crippen MR) is 99.8 cm³/mol. The predicted octanol–water partition coefficient (Wildman–Crippen LogP) is 0.274. The summed E-state index contributed by atoms with van der Waals surface area (Å²) in [7, 11) is -7.93. The van der Waals surface area contributed by atoms with Crippen molar-refractivity contribution in [2.75, 3.05) is 79.5 Å². The molecule has 3 N–H and O–H groups in total. The van der Waals surface area contributed by atoms with Crippen LogP contribution < -0.4 is 0 Å². The van der Waals surface area contributed by atoms with E-state index in [0.717, 1.165) is 21.3 Å². The standard InChI is InChI=1S/C12H30N3O9P3/c1-22-25(16,17)10-13-4-6-14(11-26(18,19)23-2)8-9-15(7-5-13)12-27(20,21)24-3/h4-12H2,1-3H3,(H,16,17)(H,18,19)(H,20,21). The Morgan fingerprint density at radius 2 is 0.778 bits per heavy atom. The van der Waals surface area contributed by atoms with Crippen molar-refractivity contribution >= 4 is 22.8 Å². The molecule has 1 heterocycles. The lowest BCUT2D eigenvalue weighted by Crippen LogP contribution is -2.37. The zero-order valence-corrected chi connectivity index (χ0v) is 18.5. The zero-order chi connectivity index (χ0) is 20.7. The molecule has 0 bridgehead atoms. The van der Waals surface area contributed by atoms with Crippen molar-refractivity contribution in [1.82, 2.24) is 14.7 Å². The Morgan fingerprint density at radius 3 is 0.926 bits per heavy atom. The van der Waals surface area contributed by atoms with E-state index < -0.39 is 22.8 Å². The highest BCUT2D eigenvalue weighted by atomic mass is 31.2. The Balaban J connectivity index is 2.91. The number of hydrogen-bond donors (Lipinski definition) is 3. The molecule has 1 rings (SSSR count). The van der Waals surface area contributed by atoms with E-state index in [4.69, 9.17) is 0 Å². The molecule has 27 heavy (non-hydrogen) atoms. The van der Waals surface area contributed by atoms with E-state index in [1.807, 2.05) is 0 Å². The van der Waals surface area contributed by atoms with Crippen LogP contribution in [-0.2, 0) is 27.3 Å². The number of rotatable bonds is 9. The summed E-state index contributed by atoms with van der Waals surface area (Å²) in [5.74, 6) is 0. The van der Waals surface area contributed by atoms with Gasteiger partial charge in [0.25, 0.3) is 0 Å². The maximum absolute atomic E-state index is 11.9. The second kappa shape index (κ2) is 10.9. The molecule has 12 nitrogen and oxygen atoms in total. The van der Waals surface area contributed by atoms with E-state index in [-0.39, 0.29) is 18.9 Å². The molecule has 15 heteroatoms. The molecule has 3 unspecified atom stereocenters. The van der Waals surface area contributed by atoms with Crippen LogP contribution in [0.25, 0.3) is 0 Å². The van der Waals surface area contributed by atoms with Crippen LogP contribution in [0.1, 0.15) is 0 Å². The fraction of sp³-hybridized carbons (Fsp3) is 1.00. The Bertz CT molecular complexity index is 515. The minimum atomic E-state index is -3.79.